The van der Waals surface area contributed by atoms with Gasteiger partial charge in [0, 0.05) is 5.56 Å². The van der Waals surface area contributed by atoms with Gasteiger partial charge in [-0.3, -0.25) is 4.79 Å². The van der Waals surface area contributed by atoms with Crippen LogP contribution in [0.15, 0.2) is 48.5 Å². The summed E-state index contributed by atoms with van der Waals surface area (Å²) in [6.45, 7) is 0. The molecule has 0 radical (unpaired) electrons. The Balaban J connectivity index is 2.03. The van der Waals surface area contributed by atoms with Crippen molar-refractivity contribution in [3.8, 4) is 11.5 Å². The molecule has 2 aromatic carbocycles. The van der Waals surface area contributed by atoms with Crippen LogP contribution in [0, 0.1) is 0 Å². The minimum Gasteiger partial charge on any atom is -0.504 e. The van der Waals surface area contributed by atoms with E-state index in [2.05, 4.69) is 0 Å². The lowest BCUT2D eigenvalue weighted by Gasteiger charge is -2.03. The summed E-state index contributed by atoms with van der Waals surface area (Å²) in [7, 11) is 1.52. The van der Waals surface area contributed by atoms with E-state index in [1.807, 2.05) is 30.4 Å². The standard InChI is InChI=1S/C17H16O3/c1-20-17-11-14(9-10-16(17)19)4-2-3-13-5-7-15(12-18)8-6-13/h2,4-12,19H,3H2,1H3/b4-2+. The predicted molar refractivity (Wildman–Crippen MR) is 79.2 cm³/mol. The van der Waals surface area contributed by atoms with E-state index in [9.17, 15) is 9.90 Å². The summed E-state index contributed by atoms with van der Waals surface area (Å²) in [6.07, 6.45) is 5.61. The van der Waals surface area contributed by atoms with Gasteiger partial charge in [-0.15, -0.1) is 0 Å². The molecule has 0 bridgehead atoms. The highest BCUT2D eigenvalue weighted by Gasteiger charge is 2.00. The molecule has 0 spiro atoms. The third-order valence-electron chi connectivity index (χ3n) is 2.98. The second-order valence-electron chi connectivity index (χ2n) is 4.40. The molecular formula is C17H16O3. The van der Waals surface area contributed by atoms with Gasteiger partial charge in [0.1, 0.15) is 6.29 Å². The zero-order chi connectivity index (χ0) is 14.4. The van der Waals surface area contributed by atoms with E-state index >= 15 is 0 Å². The maximum Gasteiger partial charge on any atom is 0.161 e. The van der Waals surface area contributed by atoms with Crippen LogP contribution in [0.3, 0.4) is 0 Å². The van der Waals surface area contributed by atoms with E-state index in [4.69, 9.17) is 4.74 Å². The Labute approximate surface area is 118 Å². The lowest BCUT2D eigenvalue weighted by molar-refractivity contribution is 0.112. The Kier molecular flexibility index (Phi) is 4.56. The lowest BCUT2D eigenvalue weighted by Crippen LogP contribution is -1.85. The van der Waals surface area contributed by atoms with E-state index in [-0.39, 0.29) is 5.75 Å². The van der Waals surface area contributed by atoms with Gasteiger partial charge in [-0.05, 0) is 29.7 Å². The average Bonchev–Trinajstić information content (AvgIpc) is 2.49. The van der Waals surface area contributed by atoms with Gasteiger partial charge in [0.2, 0.25) is 0 Å². The minimum atomic E-state index is 0.133. The zero-order valence-corrected chi connectivity index (χ0v) is 11.2. The highest BCUT2D eigenvalue weighted by Crippen LogP contribution is 2.26. The molecule has 1 N–H and O–H groups in total. The summed E-state index contributed by atoms with van der Waals surface area (Å²) in [5.74, 6) is 0.594. The number of hydrogen-bond donors (Lipinski definition) is 1. The summed E-state index contributed by atoms with van der Waals surface area (Å²) >= 11 is 0. The number of ether oxygens (including phenoxy) is 1. The van der Waals surface area contributed by atoms with Crippen molar-refractivity contribution >= 4 is 12.4 Å². The van der Waals surface area contributed by atoms with Crippen molar-refractivity contribution < 1.29 is 14.6 Å². The first kappa shape index (κ1) is 13.9. The van der Waals surface area contributed by atoms with Gasteiger partial charge in [0.05, 0.1) is 7.11 Å². The van der Waals surface area contributed by atoms with Gasteiger partial charge >= 0.3 is 0 Å². The van der Waals surface area contributed by atoms with Crippen molar-refractivity contribution in [1.29, 1.82) is 0 Å². The Morgan fingerprint density at radius 1 is 1.10 bits per heavy atom. The van der Waals surface area contributed by atoms with Crippen LogP contribution in [0.1, 0.15) is 21.5 Å². The zero-order valence-electron chi connectivity index (χ0n) is 11.2. The van der Waals surface area contributed by atoms with Crippen LogP contribution in [-0.2, 0) is 6.42 Å². The number of phenols is 1. The van der Waals surface area contributed by atoms with E-state index in [1.54, 1.807) is 24.3 Å². The van der Waals surface area contributed by atoms with Crippen LogP contribution in [0.2, 0.25) is 0 Å². The summed E-state index contributed by atoms with van der Waals surface area (Å²) < 4.78 is 5.06. The van der Waals surface area contributed by atoms with Gasteiger partial charge in [0.15, 0.2) is 11.5 Å². The number of methoxy groups -OCH3 is 1. The molecule has 2 rings (SSSR count). The van der Waals surface area contributed by atoms with Crippen LogP contribution in [0.5, 0.6) is 11.5 Å². The molecule has 0 atom stereocenters. The smallest absolute Gasteiger partial charge is 0.161 e. The first-order valence-corrected chi connectivity index (χ1v) is 6.30. The summed E-state index contributed by atoms with van der Waals surface area (Å²) in [5.41, 5.74) is 2.78. The van der Waals surface area contributed by atoms with Crippen LogP contribution >= 0.6 is 0 Å². The van der Waals surface area contributed by atoms with E-state index in [0.717, 1.165) is 23.8 Å². The molecule has 2 aromatic rings. The number of aldehydes is 1. The van der Waals surface area contributed by atoms with Gasteiger partial charge in [-0.25, -0.2) is 0 Å². The maximum absolute atomic E-state index is 10.6. The monoisotopic (exact) mass is 268 g/mol. The van der Waals surface area contributed by atoms with Crippen molar-refractivity contribution in [2.75, 3.05) is 7.11 Å². The summed E-state index contributed by atoms with van der Waals surface area (Å²) in [6, 6.07) is 12.7. The Hall–Kier alpha value is -2.55. The number of carbonyl (C=O) groups excluding carboxylic acids is 1. The molecular weight excluding hydrogens is 252 g/mol. The Morgan fingerprint density at radius 2 is 1.80 bits per heavy atom. The van der Waals surface area contributed by atoms with Crippen molar-refractivity contribution in [2.24, 2.45) is 0 Å². The van der Waals surface area contributed by atoms with Gasteiger partial charge in [-0.1, -0.05) is 42.5 Å². The molecule has 3 nitrogen and oxygen atoms in total. The highest BCUT2D eigenvalue weighted by molar-refractivity contribution is 5.74. The Morgan fingerprint density at radius 3 is 2.45 bits per heavy atom. The van der Waals surface area contributed by atoms with Crippen LogP contribution in [-0.4, -0.2) is 18.5 Å². The first-order valence-electron chi connectivity index (χ1n) is 6.30. The topological polar surface area (TPSA) is 46.5 Å². The highest BCUT2D eigenvalue weighted by atomic mass is 16.5. The molecule has 0 saturated carbocycles. The number of carbonyl (C=O) groups is 1. The molecule has 0 aliphatic heterocycles. The second-order valence-corrected chi connectivity index (χ2v) is 4.40. The number of aromatic hydroxyl groups is 1. The molecule has 0 aromatic heterocycles. The number of rotatable bonds is 5. The number of benzene rings is 2. The molecule has 0 aliphatic carbocycles. The van der Waals surface area contributed by atoms with E-state index in [0.29, 0.717) is 11.3 Å². The fourth-order valence-corrected chi connectivity index (χ4v) is 1.86. The molecule has 0 saturated heterocycles. The quantitative estimate of drug-likeness (QED) is 0.845. The maximum atomic E-state index is 10.6. The van der Waals surface area contributed by atoms with Crippen molar-refractivity contribution in [3.63, 3.8) is 0 Å². The van der Waals surface area contributed by atoms with Crippen molar-refractivity contribution in [3.05, 3.63) is 65.2 Å². The number of hydrogen-bond acceptors (Lipinski definition) is 3. The molecule has 0 aliphatic rings. The molecule has 0 amide bonds. The fraction of sp³-hybridized carbons (Fsp3) is 0.118. The summed E-state index contributed by atoms with van der Waals surface area (Å²) in [5, 5.41) is 9.51. The molecule has 102 valence electrons. The van der Waals surface area contributed by atoms with E-state index in [1.165, 1.54) is 7.11 Å². The largest absolute Gasteiger partial charge is 0.504 e. The third kappa shape index (κ3) is 3.48. The van der Waals surface area contributed by atoms with Crippen molar-refractivity contribution in [2.45, 2.75) is 6.42 Å². The predicted octanol–water partition coefficient (Wildman–Crippen LogP) is 3.47. The normalized spacial score (nSPS) is 10.7. The molecule has 3 heteroatoms. The fourth-order valence-electron chi connectivity index (χ4n) is 1.86. The van der Waals surface area contributed by atoms with Crippen LogP contribution in [0.25, 0.3) is 6.08 Å². The van der Waals surface area contributed by atoms with Crippen LogP contribution < -0.4 is 4.74 Å². The molecule has 0 heterocycles. The second kappa shape index (κ2) is 6.57. The van der Waals surface area contributed by atoms with Gasteiger partial charge < -0.3 is 9.84 Å². The SMILES string of the molecule is COc1cc(/C=C/Cc2ccc(C=O)cc2)ccc1O. The summed E-state index contributed by atoms with van der Waals surface area (Å²) in [4.78, 5) is 10.6. The lowest BCUT2D eigenvalue weighted by atomic mass is 10.1. The van der Waals surface area contributed by atoms with Gasteiger partial charge in [-0.2, -0.15) is 0 Å². The third-order valence-corrected chi connectivity index (χ3v) is 2.98. The molecule has 0 fully saturated rings. The number of phenolic OH excluding ortho intramolecular Hbond substituents is 1. The van der Waals surface area contributed by atoms with Crippen LogP contribution in [0.4, 0.5) is 0 Å². The first-order chi connectivity index (χ1) is 9.72. The molecule has 20 heavy (non-hydrogen) atoms. The number of allylic oxidation sites excluding steroid dienone is 1. The van der Waals surface area contributed by atoms with E-state index < -0.39 is 0 Å². The molecule has 0 unspecified atom stereocenters. The Bertz CT molecular complexity index is 613. The average molecular weight is 268 g/mol. The van der Waals surface area contributed by atoms with Gasteiger partial charge in [0.25, 0.3) is 0 Å². The minimum absolute atomic E-state index is 0.133. The van der Waals surface area contributed by atoms with Crippen molar-refractivity contribution in [1.82, 2.24) is 0 Å².